The van der Waals surface area contributed by atoms with Gasteiger partial charge in [-0.05, 0) is 79.1 Å². The van der Waals surface area contributed by atoms with Crippen LogP contribution in [0.1, 0.15) is 28.8 Å². The fraction of sp³-hybridized carbons (Fsp3) is 0.231. The number of alkyl halides is 2. The first-order valence-corrected chi connectivity index (χ1v) is 11.7. The molecule has 10 heteroatoms. The van der Waals surface area contributed by atoms with Gasteiger partial charge in [0.25, 0.3) is 5.92 Å². The number of fused-ring (bicyclic) bond motifs is 1. The van der Waals surface area contributed by atoms with Gasteiger partial charge in [-0.2, -0.15) is 0 Å². The Bertz CT molecular complexity index is 1600. The van der Waals surface area contributed by atoms with Crippen molar-refractivity contribution in [3.8, 4) is 5.69 Å². The average Bonchev–Trinajstić information content (AvgIpc) is 3.55. The van der Waals surface area contributed by atoms with Gasteiger partial charge in [0.15, 0.2) is 0 Å². The molecule has 1 aromatic heterocycles. The molecule has 184 valence electrons. The summed E-state index contributed by atoms with van der Waals surface area (Å²) in [5.41, 5.74) is 1.15. The lowest BCUT2D eigenvalue weighted by Crippen LogP contribution is -2.56. The van der Waals surface area contributed by atoms with E-state index in [1.165, 1.54) is 16.7 Å². The van der Waals surface area contributed by atoms with Gasteiger partial charge >= 0.3 is 11.7 Å². The Labute approximate surface area is 207 Å². The van der Waals surface area contributed by atoms with E-state index in [1.54, 1.807) is 51.9 Å². The quantitative estimate of drug-likeness (QED) is 0.394. The number of aromatic nitrogens is 2. The van der Waals surface area contributed by atoms with E-state index in [4.69, 9.17) is 11.6 Å². The van der Waals surface area contributed by atoms with Crippen molar-refractivity contribution in [3.05, 3.63) is 93.1 Å². The van der Waals surface area contributed by atoms with Gasteiger partial charge in [-0.3, -0.25) is 9.13 Å². The molecule has 1 aliphatic heterocycles. The number of imidazole rings is 1. The number of hydrogen-bond donors (Lipinski definition) is 1. The minimum Gasteiger partial charge on any atom is -0.478 e. The van der Waals surface area contributed by atoms with Crippen LogP contribution in [0.15, 0.2) is 65.5 Å². The van der Waals surface area contributed by atoms with Crippen molar-refractivity contribution in [2.24, 2.45) is 0 Å². The topological polar surface area (TPSA) is 67.5 Å². The van der Waals surface area contributed by atoms with Crippen LogP contribution in [0.25, 0.3) is 16.7 Å². The second-order valence-corrected chi connectivity index (χ2v) is 9.82. The van der Waals surface area contributed by atoms with Crippen LogP contribution in [0.5, 0.6) is 0 Å². The monoisotopic (exact) mass is 513 g/mol. The summed E-state index contributed by atoms with van der Waals surface area (Å²) >= 11 is 6.27. The molecule has 1 saturated carbocycles. The predicted molar refractivity (Wildman–Crippen MR) is 129 cm³/mol. The van der Waals surface area contributed by atoms with Crippen LogP contribution in [-0.2, 0) is 5.54 Å². The summed E-state index contributed by atoms with van der Waals surface area (Å²) in [5, 5.41) is 9.83. The third-order valence-electron chi connectivity index (χ3n) is 6.95. The summed E-state index contributed by atoms with van der Waals surface area (Å²) in [6.45, 7) is -0.703. The van der Waals surface area contributed by atoms with Gasteiger partial charge in [-0.15, -0.1) is 0 Å². The van der Waals surface area contributed by atoms with E-state index in [9.17, 15) is 27.9 Å². The standard InChI is InChI=1S/C26H19ClF3N3O3/c27-17-1-6-21-22(12-17)32(20-4-2-19(3-5-20)31-13-26(29,30)14-31)24(36)33(21)25(7-8-25)16-9-15(23(34)35)10-18(28)11-16/h1-6,9-12H,7-8,13-14H2,(H,34,35). The van der Waals surface area contributed by atoms with E-state index in [0.717, 1.165) is 6.07 Å². The molecule has 0 bridgehead atoms. The van der Waals surface area contributed by atoms with Crippen LogP contribution in [-0.4, -0.2) is 39.2 Å². The molecule has 3 aromatic carbocycles. The van der Waals surface area contributed by atoms with Gasteiger partial charge < -0.3 is 10.0 Å². The first-order chi connectivity index (χ1) is 17.1. The minimum absolute atomic E-state index is 0.191. The molecule has 0 spiro atoms. The predicted octanol–water partition coefficient (Wildman–Crippen LogP) is 5.28. The Balaban J connectivity index is 1.50. The number of aromatic carboxylic acids is 1. The summed E-state index contributed by atoms with van der Waals surface area (Å²) in [4.78, 5) is 27.0. The van der Waals surface area contributed by atoms with E-state index in [1.807, 2.05) is 0 Å². The molecule has 1 N–H and O–H groups in total. The summed E-state index contributed by atoms with van der Waals surface area (Å²) in [6.07, 6.45) is 1.05. The van der Waals surface area contributed by atoms with Gasteiger partial charge in [0.1, 0.15) is 5.82 Å². The molecule has 2 heterocycles. The zero-order chi connectivity index (χ0) is 25.4. The first-order valence-electron chi connectivity index (χ1n) is 11.3. The zero-order valence-electron chi connectivity index (χ0n) is 18.7. The molecule has 6 nitrogen and oxygen atoms in total. The molecule has 6 rings (SSSR count). The van der Waals surface area contributed by atoms with Gasteiger partial charge in [0, 0.05) is 10.7 Å². The summed E-state index contributed by atoms with van der Waals surface area (Å²) in [6, 6.07) is 15.4. The SMILES string of the molecule is O=C(O)c1cc(F)cc(C2(n3c(=O)n(-c4ccc(N5CC(F)(F)C5)cc4)c4cc(Cl)ccc43)CC2)c1. The number of hydrogen-bond acceptors (Lipinski definition) is 3. The van der Waals surface area contributed by atoms with Crippen molar-refractivity contribution in [1.29, 1.82) is 0 Å². The second kappa shape index (κ2) is 7.64. The van der Waals surface area contributed by atoms with Gasteiger partial charge in [-0.1, -0.05) is 11.6 Å². The molecule has 2 fully saturated rings. The fourth-order valence-corrected chi connectivity index (χ4v) is 5.25. The molecular formula is C26H19ClF3N3O3. The molecule has 36 heavy (non-hydrogen) atoms. The second-order valence-electron chi connectivity index (χ2n) is 9.38. The number of carboxylic acids is 1. The maximum absolute atomic E-state index is 14.4. The van der Waals surface area contributed by atoms with Crippen molar-refractivity contribution in [3.63, 3.8) is 0 Å². The number of rotatable bonds is 5. The molecule has 2 aliphatic rings. The lowest BCUT2D eigenvalue weighted by molar-refractivity contribution is -0.0262. The Morgan fingerprint density at radius 2 is 1.58 bits per heavy atom. The number of carboxylic acid groups (broad SMARTS) is 1. The average molecular weight is 514 g/mol. The summed E-state index contributed by atoms with van der Waals surface area (Å²) < 4.78 is 44.0. The van der Waals surface area contributed by atoms with Crippen molar-refractivity contribution in [2.75, 3.05) is 18.0 Å². The van der Waals surface area contributed by atoms with Crippen LogP contribution in [0.4, 0.5) is 18.9 Å². The van der Waals surface area contributed by atoms with Crippen LogP contribution >= 0.6 is 11.6 Å². The third kappa shape index (κ3) is 3.49. The lowest BCUT2D eigenvalue weighted by Gasteiger charge is -2.40. The van der Waals surface area contributed by atoms with Crippen LogP contribution in [0, 0.1) is 5.82 Å². The fourth-order valence-electron chi connectivity index (χ4n) is 5.08. The number of benzene rings is 3. The number of halogens is 4. The smallest absolute Gasteiger partial charge is 0.335 e. The molecule has 0 amide bonds. The molecule has 0 atom stereocenters. The maximum atomic E-state index is 14.4. The van der Waals surface area contributed by atoms with Crippen molar-refractivity contribution < 1.29 is 23.1 Å². The Hall–Kier alpha value is -3.72. The molecule has 1 saturated heterocycles. The zero-order valence-corrected chi connectivity index (χ0v) is 19.5. The first kappa shape index (κ1) is 22.7. The van der Waals surface area contributed by atoms with Crippen LogP contribution < -0.4 is 10.6 Å². The van der Waals surface area contributed by atoms with Crippen LogP contribution in [0.2, 0.25) is 5.02 Å². The van der Waals surface area contributed by atoms with Crippen molar-refractivity contribution >= 4 is 34.3 Å². The van der Waals surface area contributed by atoms with Crippen molar-refractivity contribution in [1.82, 2.24) is 9.13 Å². The normalized spacial score (nSPS) is 17.7. The highest BCUT2D eigenvalue weighted by molar-refractivity contribution is 6.31. The third-order valence-corrected chi connectivity index (χ3v) is 7.19. The molecule has 4 aromatic rings. The molecule has 0 unspecified atom stereocenters. The lowest BCUT2D eigenvalue weighted by atomic mass is 10.0. The number of nitrogens with zero attached hydrogens (tertiary/aromatic N) is 3. The maximum Gasteiger partial charge on any atom is 0.335 e. The highest BCUT2D eigenvalue weighted by Crippen LogP contribution is 2.50. The molecular weight excluding hydrogens is 495 g/mol. The van der Waals surface area contributed by atoms with Crippen LogP contribution in [0.3, 0.4) is 0 Å². The Kier molecular flexibility index (Phi) is 4.82. The summed E-state index contributed by atoms with van der Waals surface area (Å²) in [7, 11) is 0. The molecule has 1 aliphatic carbocycles. The number of anilines is 1. The van der Waals surface area contributed by atoms with Gasteiger partial charge in [0.2, 0.25) is 0 Å². The Morgan fingerprint density at radius 3 is 2.19 bits per heavy atom. The van der Waals surface area contributed by atoms with E-state index in [-0.39, 0.29) is 18.7 Å². The van der Waals surface area contributed by atoms with Gasteiger partial charge in [0.05, 0.1) is 40.9 Å². The highest BCUT2D eigenvalue weighted by Gasteiger charge is 2.49. The van der Waals surface area contributed by atoms with E-state index >= 15 is 0 Å². The van der Waals surface area contributed by atoms with E-state index < -0.39 is 28.9 Å². The number of carbonyl (C=O) groups is 1. The molecule has 0 radical (unpaired) electrons. The van der Waals surface area contributed by atoms with Gasteiger partial charge in [-0.25, -0.2) is 22.8 Å². The summed E-state index contributed by atoms with van der Waals surface area (Å²) in [5.74, 6) is -4.65. The largest absolute Gasteiger partial charge is 0.478 e. The Morgan fingerprint density at radius 1 is 0.917 bits per heavy atom. The van der Waals surface area contributed by atoms with E-state index in [0.29, 0.717) is 45.8 Å². The van der Waals surface area contributed by atoms with E-state index in [2.05, 4.69) is 0 Å². The van der Waals surface area contributed by atoms with Crippen molar-refractivity contribution in [2.45, 2.75) is 24.3 Å². The highest BCUT2D eigenvalue weighted by atomic mass is 35.5. The minimum atomic E-state index is -2.70.